The molecule has 6 heteroatoms. The zero-order valence-electron chi connectivity index (χ0n) is 47.1. The van der Waals surface area contributed by atoms with E-state index in [2.05, 4.69) is 19.2 Å². The Labute approximate surface area is 432 Å². The third-order valence-corrected chi connectivity index (χ3v) is 15.6. The fraction of sp³-hybridized carbons (Fsp3) is 0.984. The standard InChI is InChI=1S/C63H127NO5/c1-3-5-7-9-11-13-15-17-19-21-23-24-25-26-27-28-29-30-31-32-33-34-35-36-37-39-41-43-45-47-49-51-53-55-57-61(67)63(69)64-59(58-65)62(68)60(66)56-54-52-50-48-46-44-42-40-38-22-20-18-16-14-12-10-8-6-4-2/h59-62,65-68H,3-58H2,1-2H3,(H,64,69). The molecule has 0 rings (SSSR count). The number of carbonyl (C=O) groups excluding carboxylic acids is 1. The first-order valence-electron chi connectivity index (χ1n) is 31.9. The van der Waals surface area contributed by atoms with E-state index in [-0.39, 0.29) is 0 Å². The molecule has 0 saturated heterocycles. The van der Waals surface area contributed by atoms with Crippen molar-refractivity contribution in [2.45, 2.75) is 391 Å². The van der Waals surface area contributed by atoms with E-state index in [1.54, 1.807) is 0 Å². The molecule has 0 aliphatic carbocycles. The van der Waals surface area contributed by atoms with Crippen LogP contribution in [0, 0.1) is 0 Å². The van der Waals surface area contributed by atoms with Gasteiger partial charge in [0.25, 0.3) is 0 Å². The summed E-state index contributed by atoms with van der Waals surface area (Å²) in [4.78, 5) is 12.6. The molecule has 4 atom stereocenters. The molecule has 0 aromatic carbocycles. The van der Waals surface area contributed by atoms with Gasteiger partial charge >= 0.3 is 0 Å². The molecule has 0 spiro atoms. The van der Waals surface area contributed by atoms with Crippen LogP contribution in [-0.2, 0) is 4.79 Å². The van der Waals surface area contributed by atoms with Gasteiger partial charge in [0.15, 0.2) is 0 Å². The maximum absolute atomic E-state index is 12.6. The molecule has 0 radical (unpaired) electrons. The lowest BCUT2D eigenvalue weighted by Crippen LogP contribution is -2.53. The predicted octanol–water partition coefficient (Wildman–Crippen LogP) is 19.0. The summed E-state index contributed by atoms with van der Waals surface area (Å²) in [6.45, 7) is 4.11. The average molecular weight is 979 g/mol. The van der Waals surface area contributed by atoms with E-state index >= 15 is 0 Å². The molecule has 6 nitrogen and oxygen atoms in total. The summed E-state index contributed by atoms with van der Waals surface area (Å²) in [6.07, 6.45) is 69.2. The maximum Gasteiger partial charge on any atom is 0.249 e. The molecule has 0 bridgehead atoms. The Kier molecular flexibility index (Phi) is 57.6. The van der Waals surface area contributed by atoms with Gasteiger partial charge in [0.05, 0.1) is 18.8 Å². The highest BCUT2D eigenvalue weighted by atomic mass is 16.3. The Morgan fingerprint density at radius 1 is 0.304 bits per heavy atom. The summed E-state index contributed by atoms with van der Waals surface area (Å²) >= 11 is 0. The van der Waals surface area contributed by atoms with Crippen LogP contribution in [0.15, 0.2) is 0 Å². The summed E-state index contributed by atoms with van der Waals surface area (Å²) in [5, 5.41) is 44.1. The van der Waals surface area contributed by atoms with Gasteiger partial charge in [-0.25, -0.2) is 0 Å². The minimum atomic E-state index is -1.25. The van der Waals surface area contributed by atoms with E-state index in [0.717, 1.165) is 38.5 Å². The van der Waals surface area contributed by atoms with Crippen LogP contribution in [0.5, 0.6) is 0 Å². The largest absolute Gasteiger partial charge is 0.394 e. The Balaban J connectivity index is 3.50. The van der Waals surface area contributed by atoms with Crippen molar-refractivity contribution >= 4 is 5.91 Å². The van der Waals surface area contributed by atoms with Crippen molar-refractivity contribution in [3.8, 4) is 0 Å². The average Bonchev–Trinajstić information content (AvgIpc) is 3.35. The van der Waals surface area contributed by atoms with Crippen molar-refractivity contribution in [3.05, 3.63) is 0 Å². The fourth-order valence-electron chi connectivity index (χ4n) is 10.6. The first kappa shape index (κ1) is 68.3. The lowest BCUT2D eigenvalue weighted by molar-refractivity contribution is -0.132. The summed E-state index contributed by atoms with van der Waals surface area (Å²) in [5.74, 6) is -0.574. The molecule has 0 aromatic heterocycles. The molecule has 0 aliphatic heterocycles. The Morgan fingerprint density at radius 2 is 0.493 bits per heavy atom. The molecular formula is C63H127NO5. The van der Waals surface area contributed by atoms with Crippen LogP contribution >= 0.6 is 0 Å². The normalized spacial score (nSPS) is 13.5. The molecule has 0 aromatic rings. The van der Waals surface area contributed by atoms with Gasteiger partial charge in [-0.15, -0.1) is 0 Å². The molecule has 414 valence electrons. The Bertz CT molecular complexity index is 964. The van der Waals surface area contributed by atoms with Gasteiger partial charge in [0.1, 0.15) is 12.2 Å². The fourth-order valence-corrected chi connectivity index (χ4v) is 10.6. The number of hydrogen-bond donors (Lipinski definition) is 5. The van der Waals surface area contributed by atoms with E-state index in [9.17, 15) is 25.2 Å². The summed E-state index contributed by atoms with van der Waals surface area (Å²) in [6, 6.07) is -0.981. The summed E-state index contributed by atoms with van der Waals surface area (Å²) in [7, 11) is 0. The number of carbonyl (C=O) groups is 1. The van der Waals surface area contributed by atoms with E-state index < -0.39 is 36.9 Å². The molecule has 0 saturated carbocycles. The zero-order chi connectivity index (χ0) is 50.2. The van der Waals surface area contributed by atoms with Crippen LogP contribution in [0.1, 0.15) is 367 Å². The second-order valence-electron chi connectivity index (χ2n) is 22.5. The van der Waals surface area contributed by atoms with Gasteiger partial charge in [0, 0.05) is 0 Å². The van der Waals surface area contributed by atoms with E-state index in [1.807, 2.05) is 0 Å². The number of nitrogens with one attached hydrogen (secondary N) is 1. The van der Waals surface area contributed by atoms with Gasteiger partial charge < -0.3 is 25.7 Å². The number of hydrogen-bond acceptors (Lipinski definition) is 5. The van der Waals surface area contributed by atoms with Crippen LogP contribution in [0.4, 0.5) is 0 Å². The summed E-state index contributed by atoms with van der Waals surface area (Å²) in [5.41, 5.74) is 0. The van der Waals surface area contributed by atoms with E-state index in [0.29, 0.717) is 12.8 Å². The minimum absolute atomic E-state index is 0.377. The van der Waals surface area contributed by atoms with Gasteiger partial charge in [-0.2, -0.15) is 0 Å². The number of rotatable bonds is 60. The predicted molar refractivity (Wildman–Crippen MR) is 302 cm³/mol. The number of aliphatic hydroxyl groups excluding tert-OH is 4. The van der Waals surface area contributed by atoms with Crippen LogP contribution in [0.25, 0.3) is 0 Å². The molecule has 4 unspecified atom stereocenters. The first-order valence-corrected chi connectivity index (χ1v) is 31.9. The van der Waals surface area contributed by atoms with Gasteiger partial charge in [-0.3, -0.25) is 4.79 Å². The van der Waals surface area contributed by atoms with Crippen molar-refractivity contribution in [2.75, 3.05) is 6.61 Å². The Morgan fingerprint density at radius 3 is 0.696 bits per heavy atom. The highest BCUT2D eigenvalue weighted by Gasteiger charge is 2.28. The zero-order valence-corrected chi connectivity index (χ0v) is 47.1. The minimum Gasteiger partial charge on any atom is -0.394 e. The smallest absolute Gasteiger partial charge is 0.249 e. The topological polar surface area (TPSA) is 110 Å². The highest BCUT2D eigenvalue weighted by Crippen LogP contribution is 2.20. The molecular weight excluding hydrogens is 851 g/mol. The van der Waals surface area contributed by atoms with E-state index in [4.69, 9.17) is 0 Å². The van der Waals surface area contributed by atoms with Crippen molar-refractivity contribution in [1.82, 2.24) is 5.32 Å². The third kappa shape index (κ3) is 52.0. The monoisotopic (exact) mass is 978 g/mol. The van der Waals surface area contributed by atoms with Gasteiger partial charge in [-0.1, -0.05) is 354 Å². The maximum atomic E-state index is 12.6. The third-order valence-electron chi connectivity index (χ3n) is 15.6. The van der Waals surface area contributed by atoms with Crippen LogP contribution in [0.2, 0.25) is 0 Å². The van der Waals surface area contributed by atoms with Gasteiger partial charge in [-0.05, 0) is 12.8 Å². The van der Waals surface area contributed by atoms with Crippen molar-refractivity contribution in [3.63, 3.8) is 0 Å². The second kappa shape index (κ2) is 58.2. The first-order chi connectivity index (χ1) is 34.0. The highest BCUT2D eigenvalue weighted by molar-refractivity contribution is 5.80. The van der Waals surface area contributed by atoms with Crippen molar-refractivity contribution in [2.24, 2.45) is 0 Å². The van der Waals surface area contributed by atoms with Gasteiger partial charge in [0.2, 0.25) is 5.91 Å². The molecule has 5 N–H and O–H groups in total. The number of aliphatic hydroxyl groups is 4. The summed E-state index contributed by atoms with van der Waals surface area (Å²) < 4.78 is 0. The quantitative estimate of drug-likeness (QED) is 0.0390. The second-order valence-corrected chi connectivity index (χ2v) is 22.5. The number of unbranched alkanes of at least 4 members (excludes halogenated alkanes) is 51. The van der Waals surface area contributed by atoms with Crippen LogP contribution in [-0.4, -0.2) is 57.3 Å². The van der Waals surface area contributed by atoms with Crippen LogP contribution < -0.4 is 5.32 Å². The van der Waals surface area contributed by atoms with E-state index in [1.165, 1.54) is 302 Å². The Hall–Kier alpha value is -0.690. The molecule has 0 aliphatic rings. The van der Waals surface area contributed by atoms with Crippen LogP contribution in [0.3, 0.4) is 0 Å². The molecule has 0 heterocycles. The molecule has 69 heavy (non-hydrogen) atoms. The SMILES string of the molecule is CCCCCCCCCCCCCCCCCCCCCCCCCCCCCCCCCCCCC(O)C(=O)NC(CO)C(O)C(O)CCCCCCCCCCCCCCCCCCCCC. The van der Waals surface area contributed by atoms with Crippen molar-refractivity contribution < 1.29 is 25.2 Å². The number of amides is 1. The lowest BCUT2D eigenvalue weighted by Gasteiger charge is -2.27. The lowest BCUT2D eigenvalue weighted by atomic mass is 9.99. The van der Waals surface area contributed by atoms with Crippen molar-refractivity contribution in [1.29, 1.82) is 0 Å². The molecule has 0 fully saturated rings. The molecule has 1 amide bonds.